The SMILES string of the molecule is O=C(COc1ccc(S(=O)(=O)N2CCCCC2)cc1)Nc1ccc([N+](=O)[O-])cc1Br. The monoisotopic (exact) mass is 497 g/mol. The molecule has 1 amide bonds. The first-order chi connectivity index (χ1) is 14.3. The summed E-state index contributed by atoms with van der Waals surface area (Å²) in [5.41, 5.74) is 0.271. The van der Waals surface area contributed by atoms with Crippen LogP contribution in [0.15, 0.2) is 51.8 Å². The van der Waals surface area contributed by atoms with Crippen molar-refractivity contribution in [3.8, 4) is 5.75 Å². The third-order valence-electron chi connectivity index (χ3n) is 4.58. The summed E-state index contributed by atoms with van der Waals surface area (Å²) < 4.78 is 32.6. The van der Waals surface area contributed by atoms with Crippen LogP contribution in [-0.4, -0.2) is 43.2 Å². The molecule has 1 heterocycles. The van der Waals surface area contributed by atoms with Gasteiger partial charge in [0.25, 0.3) is 11.6 Å². The maximum absolute atomic E-state index is 12.6. The molecule has 9 nitrogen and oxygen atoms in total. The number of carbonyl (C=O) groups excluding carboxylic acids is 1. The zero-order valence-electron chi connectivity index (χ0n) is 15.9. The summed E-state index contributed by atoms with van der Waals surface area (Å²) in [7, 11) is -3.52. The number of piperidine rings is 1. The Kier molecular flexibility index (Phi) is 7.06. The zero-order valence-corrected chi connectivity index (χ0v) is 18.3. The van der Waals surface area contributed by atoms with Crippen LogP contribution >= 0.6 is 15.9 Å². The second-order valence-corrected chi connectivity index (χ2v) is 9.49. The van der Waals surface area contributed by atoms with Crippen LogP contribution < -0.4 is 10.1 Å². The van der Waals surface area contributed by atoms with Crippen LogP contribution in [0.3, 0.4) is 0 Å². The number of nitrogens with one attached hydrogen (secondary N) is 1. The van der Waals surface area contributed by atoms with Gasteiger partial charge in [-0.1, -0.05) is 6.42 Å². The number of non-ortho nitro benzene ring substituents is 1. The van der Waals surface area contributed by atoms with Crippen LogP contribution in [0.2, 0.25) is 0 Å². The molecule has 30 heavy (non-hydrogen) atoms. The number of carbonyl (C=O) groups is 1. The van der Waals surface area contributed by atoms with Gasteiger partial charge in [0, 0.05) is 29.7 Å². The Bertz CT molecular complexity index is 1040. The number of nitrogens with zero attached hydrogens (tertiary/aromatic N) is 2. The largest absolute Gasteiger partial charge is 0.484 e. The van der Waals surface area contributed by atoms with Crippen molar-refractivity contribution in [3.63, 3.8) is 0 Å². The van der Waals surface area contributed by atoms with E-state index in [-0.39, 0.29) is 17.2 Å². The number of ether oxygens (including phenoxy) is 1. The highest BCUT2D eigenvalue weighted by Crippen LogP contribution is 2.27. The number of rotatable bonds is 7. The first kappa shape index (κ1) is 22.2. The number of sulfonamides is 1. The van der Waals surface area contributed by atoms with Gasteiger partial charge in [-0.3, -0.25) is 14.9 Å². The number of hydrogen-bond acceptors (Lipinski definition) is 6. The van der Waals surface area contributed by atoms with Crippen molar-refractivity contribution in [2.45, 2.75) is 24.2 Å². The molecule has 1 aliphatic rings. The third kappa shape index (κ3) is 5.35. The highest BCUT2D eigenvalue weighted by atomic mass is 79.9. The summed E-state index contributed by atoms with van der Waals surface area (Å²) in [4.78, 5) is 22.5. The van der Waals surface area contributed by atoms with Crippen LogP contribution in [0, 0.1) is 10.1 Å². The predicted molar refractivity (Wildman–Crippen MR) is 114 cm³/mol. The van der Waals surface area contributed by atoms with Crippen LogP contribution in [-0.2, 0) is 14.8 Å². The smallest absolute Gasteiger partial charge is 0.270 e. The molecule has 0 bridgehead atoms. The van der Waals surface area contributed by atoms with E-state index >= 15 is 0 Å². The number of halogens is 1. The van der Waals surface area contributed by atoms with E-state index in [9.17, 15) is 23.3 Å². The molecule has 1 aliphatic heterocycles. The minimum Gasteiger partial charge on any atom is -0.484 e. The fraction of sp³-hybridized carbons (Fsp3) is 0.316. The van der Waals surface area contributed by atoms with Gasteiger partial charge in [-0.05, 0) is 59.1 Å². The quantitative estimate of drug-likeness (QED) is 0.461. The molecule has 1 fully saturated rings. The lowest BCUT2D eigenvalue weighted by Crippen LogP contribution is -2.35. The minimum absolute atomic E-state index is 0.101. The number of anilines is 1. The second kappa shape index (κ2) is 9.54. The van der Waals surface area contributed by atoms with Gasteiger partial charge >= 0.3 is 0 Å². The summed E-state index contributed by atoms with van der Waals surface area (Å²) in [5, 5.41) is 13.3. The normalized spacial score (nSPS) is 14.8. The number of nitro groups is 1. The highest BCUT2D eigenvalue weighted by Gasteiger charge is 2.25. The van der Waals surface area contributed by atoms with E-state index in [4.69, 9.17) is 4.74 Å². The molecule has 11 heteroatoms. The van der Waals surface area contributed by atoms with Gasteiger partial charge < -0.3 is 10.1 Å². The fourth-order valence-corrected chi connectivity index (χ4v) is 5.00. The Morgan fingerprint density at radius 1 is 1.13 bits per heavy atom. The van der Waals surface area contributed by atoms with Crippen LogP contribution in [0.5, 0.6) is 5.75 Å². The van der Waals surface area contributed by atoms with E-state index in [1.54, 1.807) is 0 Å². The lowest BCUT2D eigenvalue weighted by molar-refractivity contribution is -0.384. The Morgan fingerprint density at radius 3 is 2.40 bits per heavy atom. The Hall–Kier alpha value is -2.50. The summed E-state index contributed by atoms with van der Waals surface area (Å²) in [6, 6.07) is 9.92. The molecule has 3 rings (SSSR count). The molecule has 2 aromatic rings. The van der Waals surface area contributed by atoms with Gasteiger partial charge in [0.15, 0.2) is 6.61 Å². The third-order valence-corrected chi connectivity index (χ3v) is 7.15. The van der Waals surface area contributed by atoms with Gasteiger partial charge in [0.05, 0.1) is 15.5 Å². The summed E-state index contributed by atoms with van der Waals surface area (Å²) in [6.45, 7) is 0.750. The van der Waals surface area contributed by atoms with Crippen molar-refractivity contribution >= 4 is 43.2 Å². The molecule has 0 radical (unpaired) electrons. The molecule has 0 aromatic heterocycles. The average molecular weight is 498 g/mol. The number of amides is 1. The zero-order chi connectivity index (χ0) is 21.7. The molecule has 1 N–H and O–H groups in total. The van der Waals surface area contributed by atoms with Crippen LogP contribution in [0.4, 0.5) is 11.4 Å². The van der Waals surface area contributed by atoms with Gasteiger partial charge in [-0.2, -0.15) is 4.31 Å². The Labute approximate surface area is 182 Å². The van der Waals surface area contributed by atoms with E-state index in [0.717, 1.165) is 19.3 Å². The van der Waals surface area contributed by atoms with E-state index in [1.807, 2.05) is 0 Å². The minimum atomic E-state index is -3.52. The Balaban J connectivity index is 1.57. The molecular weight excluding hydrogens is 478 g/mol. The van der Waals surface area contributed by atoms with E-state index in [0.29, 0.717) is 29.0 Å². The standard InChI is InChI=1S/C19H20BrN3O6S/c20-17-12-14(23(25)26)4-9-18(17)21-19(24)13-29-15-5-7-16(8-6-15)30(27,28)22-10-2-1-3-11-22/h4-9,12H,1-3,10-11,13H2,(H,21,24). The van der Waals surface area contributed by atoms with Gasteiger partial charge in [0.1, 0.15) is 5.75 Å². The first-order valence-electron chi connectivity index (χ1n) is 9.24. The molecule has 0 spiro atoms. The molecule has 0 atom stereocenters. The molecule has 160 valence electrons. The first-order valence-corrected chi connectivity index (χ1v) is 11.5. The van der Waals surface area contributed by atoms with Crippen molar-refractivity contribution < 1.29 is 22.9 Å². The van der Waals surface area contributed by atoms with E-state index in [1.165, 1.54) is 46.8 Å². The maximum atomic E-state index is 12.6. The highest BCUT2D eigenvalue weighted by molar-refractivity contribution is 9.10. The summed E-state index contributed by atoms with van der Waals surface area (Å²) in [6.07, 6.45) is 2.76. The maximum Gasteiger partial charge on any atom is 0.270 e. The van der Waals surface area contributed by atoms with E-state index < -0.39 is 20.9 Å². The van der Waals surface area contributed by atoms with Gasteiger partial charge in [-0.25, -0.2) is 8.42 Å². The lowest BCUT2D eigenvalue weighted by Gasteiger charge is -2.25. The van der Waals surface area contributed by atoms with Crippen molar-refractivity contribution in [2.75, 3.05) is 25.0 Å². The van der Waals surface area contributed by atoms with Crippen LogP contribution in [0.1, 0.15) is 19.3 Å². The van der Waals surface area contributed by atoms with Crippen LogP contribution in [0.25, 0.3) is 0 Å². The number of benzene rings is 2. The molecular formula is C19H20BrN3O6S. The topological polar surface area (TPSA) is 119 Å². The van der Waals surface area contributed by atoms with Gasteiger partial charge in [-0.15, -0.1) is 0 Å². The van der Waals surface area contributed by atoms with E-state index in [2.05, 4.69) is 21.2 Å². The molecule has 0 unspecified atom stereocenters. The molecule has 2 aromatic carbocycles. The van der Waals surface area contributed by atoms with Crippen molar-refractivity contribution in [1.82, 2.24) is 4.31 Å². The average Bonchev–Trinajstić information content (AvgIpc) is 2.74. The fourth-order valence-electron chi connectivity index (χ4n) is 3.02. The molecule has 0 aliphatic carbocycles. The molecule has 1 saturated heterocycles. The van der Waals surface area contributed by atoms with Gasteiger partial charge in [0.2, 0.25) is 10.0 Å². The second-order valence-electron chi connectivity index (χ2n) is 6.69. The number of hydrogen-bond donors (Lipinski definition) is 1. The van der Waals surface area contributed by atoms with Crippen molar-refractivity contribution in [3.05, 3.63) is 57.1 Å². The summed E-state index contributed by atoms with van der Waals surface area (Å²) >= 11 is 3.18. The van der Waals surface area contributed by atoms with Crippen molar-refractivity contribution in [1.29, 1.82) is 0 Å². The van der Waals surface area contributed by atoms with Crippen molar-refractivity contribution in [2.24, 2.45) is 0 Å². The lowest BCUT2D eigenvalue weighted by atomic mass is 10.2. The molecule has 0 saturated carbocycles. The predicted octanol–water partition coefficient (Wildman–Crippen LogP) is 3.55. The Morgan fingerprint density at radius 2 is 1.80 bits per heavy atom. The summed E-state index contributed by atoms with van der Waals surface area (Å²) in [5.74, 6) is -0.111. The number of nitro benzene ring substituents is 1.